The largest absolute Gasteiger partial charge is 0.489 e. The maximum absolute atomic E-state index is 12.7. The molecular formula is C26H19Cl2NO5S2. The molecule has 36 heavy (non-hydrogen) atoms. The van der Waals surface area contributed by atoms with Gasteiger partial charge in [0, 0.05) is 21.7 Å². The Balaban J connectivity index is 1.59. The molecule has 1 fully saturated rings. The average Bonchev–Trinajstić information content (AvgIpc) is 3.09. The molecule has 3 aromatic rings. The summed E-state index contributed by atoms with van der Waals surface area (Å²) in [5.41, 5.74) is 2.39. The van der Waals surface area contributed by atoms with Crippen LogP contribution in [-0.4, -0.2) is 32.7 Å². The van der Waals surface area contributed by atoms with Gasteiger partial charge in [0.15, 0.2) is 0 Å². The van der Waals surface area contributed by atoms with E-state index >= 15 is 0 Å². The quantitative estimate of drug-likeness (QED) is 0.239. The molecule has 10 heteroatoms. The standard InChI is InChI=1S/C26H19Cl2NO5S2/c27-19-5-1-3-16(9-19)14-33-21-8-7-18(11-23-25(32)29(13-24(30)31)26(35)36-23)22(12-21)34-15-17-4-2-6-20(28)10-17/h1-12H,13-15H2,(H,30,31). The first-order valence-corrected chi connectivity index (χ1v) is 12.6. The molecule has 3 aromatic carbocycles. The number of amides is 1. The highest BCUT2D eigenvalue weighted by atomic mass is 35.5. The lowest BCUT2D eigenvalue weighted by atomic mass is 10.1. The van der Waals surface area contributed by atoms with E-state index in [2.05, 4.69) is 0 Å². The molecule has 1 saturated heterocycles. The summed E-state index contributed by atoms with van der Waals surface area (Å²) >= 11 is 18.4. The molecule has 6 nitrogen and oxygen atoms in total. The Morgan fingerprint density at radius 2 is 1.61 bits per heavy atom. The summed E-state index contributed by atoms with van der Waals surface area (Å²) in [5, 5.41) is 10.3. The SMILES string of the molecule is O=C(O)CN1C(=O)C(=Cc2ccc(OCc3cccc(Cl)c3)cc2OCc2cccc(Cl)c2)SC1=S. The zero-order valence-corrected chi connectivity index (χ0v) is 21.8. The number of hydrogen-bond acceptors (Lipinski definition) is 6. The predicted molar refractivity (Wildman–Crippen MR) is 146 cm³/mol. The van der Waals surface area contributed by atoms with Crippen LogP contribution < -0.4 is 9.47 Å². The van der Waals surface area contributed by atoms with Crippen LogP contribution in [0.3, 0.4) is 0 Å². The molecule has 0 radical (unpaired) electrons. The number of nitrogens with zero attached hydrogens (tertiary/aromatic N) is 1. The van der Waals surface area contributed by atoms with Crippen molar-refractivity contribution in [3.8, 4) is 11.5 Å². The fourth-order valence-electron chi connectivity index (χ4n) is 3.34. The minimum absolute atomic E-state index is 0.191. The highest BCUT2D eigenvalue weighted by Gasteiger charge is 2.33. The molecule has 1 aliphatic heterocycles. The van der Waals surface area contributed by atoms with Gasteiger partial charge >= 0.3 is 5.97 Å². The third-order valence-corrected chi connectivity index (χ3v) is 6.86. The van der Waals surface area contributed by atoms with Crippen molar-refractivity contribution in [2.75, 3.05) is 6.54 Å². The predicted octanol–water partition coefficient (Wildman–Crippen LogP) is 6.44. The van der Waals surface area contributed by atoms with Gasteiger partial charge in [-0.3, -0.25) is 14.5 Å². The molecular weight excluding hydrogens is 541 g/mol. The van der Waals surface area contributed by atoms with Crippen molar-refractivity contribution in [3.63, 3.8) is 0 Å². The molecule has 1 N–H and O–H groups in total. The van der Waals surface area contributed by atoms with Crippen molar-refractivity contribution in [1.29, 1.82) is 0 Å². The van der Waals surface area contributed by atoms with E-state index in [-0.39, 0.29) is 10.9 Å². The lowest BCUT2D eigenvalue weighted by molar-refractivity contribution is -0.140. The van der Waals surface area contributed by atoms with Crippen molar-refractivity contribution in [1.82, 2.24) is 4.90 Å². The number of rotatable bonds is 9. The zero-order valence-electron chi connectivity index (χ0n) is 18.6. The third-order valence-electron chi connectivity index (χ3n) is 5.02. The molecule has 0 aromatic heterocycles. The fourth-order valence-corrected chi connectivity index (χ4v) is 5.01. The van der Waals surface area contributed by atoms with E-state index in [1.807, 2.05) is 30.3 Å². The van der Waals surface area contributed by atoms with Crippen molar-refractivity contribution in [2.45, 2.75) is 13.2 Å². The molecule has 0 spiro atoms. The highest BCUT2D eigenvalue weighted by molar-refractivity contribution is 8.26. The van der Waals surface area contributed by atoms with E-state index in [9.17, 15) is 9.59 Å². The monoisotopic (exact) mass is 559 g/mol. The minimum Gasteiger partial charge on any atom is -0.489 e. The molecule has 1 heterocycles. The second kappa shape index (κ2) is 11.8. The Bertz CT molecular complexity index is 1360. The van der Waals surface area contributed by atoms with E-state index in [1.165, 1.54) is 0 Å². The van der Waals surface area contributed by atoms with Gasteiger partial charge in [0.25, 0.3) is 5.91 Å². The van der Waals surface area contributed by atoms with Crippen LogP contribution in [0.25, 0.3) is 6.08 Å². The summed E-state index contributed by atoms with van der Waals surface area (Å²) in [7, 11) is 0. The first kappa shape index (κ1) is 26.0. The van der Waals surface area contributed by atoms with Gasteiger partial charge in [0.05, 0.1) is 4.91 Å². The van der Waals surface area contributed by atoms with Gasteiger partial charge in [-0.1, -0.05) is 71.4 Å². The Kier molecular flexibility index (Phi) is 8.53. The minimum atomic E-state index is -1.14. The van der Waals surface area contributed by atoms with Crippen molar-refractivity contribution < 1.29 is 24.2 Å². The second-order valence-electron chi connectivity index (χ2n) is 7.70. The van der Waals surface area contributed by atoms with Crippen LogP contribution in [0.1, 0.15) is 16.7 Å². The smallest absolute Gasteiger partial charge is 0.323 e. The molecule has 4 rings (SSSR count). The molecule has 184 valence electrons. The van der Waals surface area contributed by atoms with Gasteiger partial charge in [0.2, 0.25) is 0 Å². The van der Waals surface area contributed by atoms with Crippen LogP contribution in [0.15, 0.2) is 71.6 Å². The fraction of sp³-hybridized carbons (Fsp3) is 0.115. The Hall–Kier alpha value is -3.04. The zero-order chi connectivity index (χ0) is 25.7. The Labute approximate surface area is 227 Å². The van der Waals surface area contributed by atoms with Gasteiger partial charge < -0.3 is 14.6 Å². The number of hydrogen-bond donors (Lipinski definition) is 1. The summed E-state index contributed by atoms with van der Waals surface area (Å²) in [5.74, 6) is -0.567. The van der Waals surface area contributed by atoms with E-state index in [4.69, 9.17) is 50.0 Å². The number of halogens is 2. The molecule has 0 atom stereocenters. The maximum atomic E-state index is 12.7. The van der Waals surface area contributed by atoms with E-state index in [0.717, 1.165) is 27.8 Å². The number of benzene rings is 3. The van der Waals surface area contributed by atoms with Crippen LogP contribution >= 0.6 is 47.2 Å². The maximum Gasteiger partial charge on any atom is 0.323 e. The van der Waals surface area contributed by atoms with E-state index in [1.54, 1.807) is 42.5 Å². The number of carboxylic acids is 1. The van der Waals surface area contributed by atoms with Gasteiger partial charge in [0.1, 0.15) is 35.6 Å². The van der Waals surface area contributed by atoms with Gasteiger partial charge in [-0.25, -0.2) is 0 Å². The summed E-state index contributed by atoms with van der Waals surface area (Å²) < 4.78 is 12.2. The number of carbonyl (C=O) groups excluding carboxylic acids is 1. The van der Waals surface area contributed by atoms with Crippen LogP contribution in [-0.2, 0) is 22.8 Å². The van der Waals surface area contributed by atoms with Gasteiger partial charge in [-0.05, 0) is 53.6 Å². The summed E-state index contributed by atoms with van der Waals surface area (Å²) in [6.07, 6.45) is 1.63. The number of ether oxygens (including phenoxy) is 2. The first-order valence-electron chi connectivity index (χ1n) is 10.6. The summed E-state index contributed by atoms with van der Waals surface area (Å²) in [6.45, 7) is 0.0526. The molecule has 0 unspecified atom stereocenters. The van der Waals surface area contributed by atoms with Crippen molar-refractivity contribution in [3.05, 3.63) is 98.4 Å². The normalized spacial score (nSPS) is 14.4. The van der Waals surface area contributed by atoms with Crippen LogP contribution in [0.2, 0.25) is 10.0 Å². The lowest BCUT2D eigenvalue weighted by Gasteiger charge is -2.13. The number of thiocarbonyl (C=S) groups is 1. The molecule has 1 amide bonds. The van der Waals surface area contributed by atoms with Crippen molar-refractivity contribution in [2.24, 2.45) is 0 Å². The molecule has 0 saturated carbocycles. The van der Waals surface area contributed by atoms with Gasteiger partial charge in [-0.15, -0.1) is 0 Å². The number of thioether (sulfide) groups is 1. The van der Waals surface area contributed by atoms with Crippen LogP contribution in [0, 0.1) is 0 Å². The van der Waals surface area contributed by atoms with Gasteiger partial charge in [-0.2, -0.15) is 0 Å². The van der Waals surface area contributed by atoms with Crippen molar-refractivity contribution >= 4 is 69.5 Å². The topological polar surface area (TPSA) is 76.1 Å². The molecule has 0 aliphatic carbocycles. The van der Waals surface area contributed by atoms with Crippen LogP contribution in [0.5, 0.6) is 11.5 Å². The number of carboxylic acid groups (broad SMARTS) is 1. The second-order valence-corrected chi connectivity index (χ2v) is 10.2. The Morgan fingerprint density at radius 3 is 2.22 bits per heavy atom. The highest BCUT2D eigenvalue weighted by Crippen LogP contribution is 2.35. The summed E-state index contributed by atoms with van der Waals surface area (Å²) in [6, 6.07) is 20.0. The first-order chi connectivity index (χ1) is 17.3. The molecule has 0 bridgehead atoms. The van der Waals surface area contributed by atoms with E-state index < -0.39 is 18.4 Å². The average molecular weight is 560 g/mol. The number of aliphatic carboxylic acids is 1. The lowest BCUT2D eigenvalue weighted by Crippen LogP contribution is -2.33. The van der Waals surface area contributed by atoms with E-state index in [0.29, 0.717) is 38.6 Å². The number of carbonyl (C=O) groups is 2. The molecule has 1 aliphatic rings. The summed E-state index contributed by atoms with van der Waals surface area (Å²) in [4.78, 5) is 25.2. The van der Waals surface area contributed by atoms with Crippen LogP contribution in [0.4, 0.5) is 0 Å². The third kappa shape index (κ3) is 6.79. The Morgan fingerprint density at radius 1 is 0.972 bits per heavy atom.